The molecule has 6 aliphatic rings. The number of carbonyl (C=O) groups is 4. The van der Waals surface area contributed by atoms with Crippen LogP contribution in [0.2, 0.25) is 0 Å². The predicted octanol–water partition coefficient (Wildman–Crippen LogP) is 4.16. The fourth-order valence-corrected chi connectivity index (χ4v) is 10.4. The van der Waals surface area contributed by atoms with Gasteiger partial charge in [-0.25, -0.2) is 18.2 Å². The van der Waals surface area contributed by atoms with Crippen molar-refractivity contribution in [3.8, 4) is 11.6 Å². The van der Waals surface area contributed by atoms with Gasteiger partial charge in [0.15, 0.2) is 0 Å². The molecule has 7 unspecified atom stereocenters. The van der Waals surface area contributed by atoms with Crippen LogP contribution in [-0.2, 0) is 35.6 Å². The van der Waals surface area contributed by atoms with Crippen molar-refractivity contribution in [2.24, 2.45) is 17.3 Å². The number of piperidine rings is 1. The zero-order valence-electron chi connectivity index (χ0n) is 36.0. The molecular weight excluding hydrogens is 803 g/mol. The van der Waals surface area contributed by atoms with Crippen LogP contribution in [0.4, 0.5) is 4.79 Å². The topological polar surface area (TPSA) is 198 Å². The van der Waals surface area contributed by atoms with Crippen LogP contribution in [0.5, 0.6) is 11.6 Å². The number of hydrogen-bond donors (Lipinski definition) is 3. The molecule has 5 fully saturated rings. The largest absolute Gasteiger partial charge is 0.489 e. The van der Waals surface area contributed by atoms with E-state index in [0.29, 0.717) is 36.4 Å². The van der Waals surface area contributed by atoms with Gasteiger partial charge in [-0.2, -0.15) is 0 Å². The third-order valence-corrected chi connectivity index (χ3v) is 15.9. The first kappa shape index (κ1) is 43.2. The lowest BCUT2D eigenvalue weighted by Crippen LogP contribution is -2.60. The average Bonchev–Trinajstić information content (AvgIpc) is 4.17. The number of hydrogen-bond acceptors (Lipinski definition) is 12. The van der Waals surface area contributed by atoms with E-state index in [4.69, 9.17) is 19.2 Å². The van der Waals surface area contributed by atoms with Gasteiger partial charge in [-0.05, 0) is 89.2 Å². The molecule has 7 atom stereocenters. The summed E-state index contributed by atoms with van der Waals surface area (Å²) in [6.07, 6.45) is 11.0. The molecule has 0 aromatic carbocycles. The number of fused-ring (bicyclic) bond motifs is 5. The molecule has 332 valence electrons. The molecule has 3 aliphatic heterocycles. The van der Waals surface area contributed by atoms with E-state index >= 15 is 0 Å². The van der Waals surface area contributed by atoms with E-state index in [9.17, 15) is 27.6 Å². The molecule has 3 saturated carbocycles. The first-order chi connectivity index (χ1) is 28.9. The highest BCUT2D eigenvalue weighted by atomic mass is 32.2. The summed E-state index contributed by atoms with van der Waals surface area (Å²) in [7, 11) is -1.91. The van der Waals surface area contributed by atoms with Crippen molar-refractivity contribution in [3.05, 3.63) is 36.7 Å². The predicted molar refractivity (Wildman–Crippen MR) is 226 cm³/mol. The number of alkyl carbamates (subject to hydrolysis) is 1. The maximum atomic E-state index is 14.9. The Morgan fingerprint density at radius 1 is 1.08 bits per heavy atom. The lowest BCUT2D eigenvalue weighted by atomic mass is 9.85. The Bertz CT molecular complexity index is 2180. The minimum absolute atomic E-state index is 0.0170. The van der Waals surface area contributed by atoms with E-state index < -0.39 is 73.6 Å². The Labute approximate surface area is 358 Å². The molecule has 2 aromatic rings. The average molecular weight is 864 g/mol. The lowest BCUT2D eigenvalue weighted by molar-refractivity contribution is -0.142. The van der Waals surface area contributed by atoms with Gasteiger partial charge < -0.3 is 34.6 Å². The molecule has 2 bridgehead atoms. The molecule has 4 amide bonds. The Kier molecular flexibility index (Phi) is 11.5. The summed E-state index contributed by atoms with van der Waals surface area (Å²) in [5.74, 6) is -1.26. The summed E-state index contributed by atoms with van der Waals surface area (Å²) in [5.41, 5.74) is -0.932. The number of sulfonamides is 1. The van der Waals surface area contributed by atoms with Crippen LogP contribution in [0.15, 0.2) is 31.1 Å². The van der Waals surface area contributed by atoms with Crippen LogP contribution in [0, 0.1) is 17.3 Å². The third kappa shape index (κ3) is 8.91. The Morgan fingerprint density at radius 2 is 1.84 bits per heavy atom. The molecule has 8 rings (SSSR count). The summed E-state index contributed by atoms with van der Waals surface area (Å²) < 4.78 is 47.1. The van der Waals surface area contributed by atoms with Crippen LogP contribution in [0.3, 0.4) is 0 Å². The number of pyridine rings is 2. The van der Waals surface area contributed by atoms with Gasteiger partial charge in [-0.3, -0.25) is 24.1 Å². The molecule has 3 N–H and O–H groups in total. The SMILES string of the molecule is C=CC1CC1(NC(=O)C1CC2CN1C(=O)C(C(C)(C)C)NC(=O)OC1CC1CCCCCc1c(nc3ccncc3c1OC1CCN(C)CC1)O2)C(=O)NS(=O)(=O)C1(C)CC1. The summed E-state index contributed by atoms with van der Waals surface area (Å²) in [6, 6.07) is -0.436. The Balaban J connectivity index is 1.14. The number of nitrogens with zero attached hydrogens (tertiary/aromatic N) is 4. The monoisotopic (exact) mass is 863 g/mol. The second-order valence-corrected chi connectivity index (χ2v) is 21.8. The van der Waals surface area contributed by atoms with Crippen LogP contribution in [0.25, 0.3) is 10.9 Å². The van der Waals surface area contributed by atoms with Gasteiger partial charge in [-0.15, -0.1) is 6.58 Å². The third-order valence-electron chi connectivity index (χ3n) is 13.7. The molecule has 5 heterocycles. The highest BCUT2D eigenvalue weighted by molar-refractivity contribution is 7.91. The second-order valence-electron chi connectivity index (χ2n) is 19.6. The maximum Gasteiger partial charge on any atom is 0.408 e. The zero-order chi connectivity index (χ0) is 43.5. The summed E-state index contributed by atoms with van der Waals surface area (Å²) in [6.45, 7) is 12.7. The minimum Gasteiger partial charge on any atom is -0.489 e. The van der Waals surface area contributed by atoms with Gasteiger partial charge in [0, 0.05) is 37.8 Å². The number of ether oxygens (including phenoxy) is 3. The summed E-state index contributed by atoms with van der Waals surface area (Å²) in [4.78, 5) is 69.8. The number of aromatic nitrogens is 2. The van der Waals surface area contributed by atoms with Crippen molar-refractivity contribution in [3.63, 3.8) is 0 Å². The van der Waals surface area contributed by atoms with E-state index in [-0.39, 0.29) is 37.5 Å². The van der Waals surface area contributed by atoms with Gasteiger partial charge in [0.05, 0.1) is 27.8 Å². The van der Waals surface area contributed by atoms with Crippen molar-refractivity contribution in [1.29, 1.82) is 0 Å². The first-order valence-electron chi connectivity index (χ1n) is 22.0. The lowest BCUT2D eigenvalue weighted by Gasteiger charge is -2.35. The standard InChI is InChI=1S/C44H61N7O9S/c1-7-27-23-44(27,40(54)49-61(56,57)43(5)16-17-43)48-37(52)33-22-29-25-51(33)39(53)36(42(2,3)4)47-41(55)60-34-21-26(34)11-9-8-10-12-30-35(58-28-14-19-50(6)20-15-28)31-24-45-18-13-32(31)46-38(30)59-29/h7,13,18,24,26-29,33-34,36H,1,8-12,14-17,19-23,25H2,2-6H3,(H,47,55)(H,48,52)(H,49,54). The van der Waals surface area contributed by atoms with Gasteiger partial charge in [0.1, 0.15) is 41.7 Å². The molecule has 3 aliphatic carbocycles. The molecule has 0 radical (unpaired) electrons. The van der Waals surface area contributed by atoms with Gasteiger partial charge in [0.25, 0.3) is 5.91 Å². The second kappa shape index (κ2) is 16.3. The normalized spacial score (nSPS) is 30.9. The molecule has 17 heteroatoms. The highest BCUT2D eigenvalue weighted by Crippen LogP contribution is 2.47. The number of nitrogens with one attached hydrogen (secondary N) is 3. The van der Waals surface area contributed by atoms with E-state index in [2.05, 4.69) is 38.9 Å². The molecular formula is C44H61N7O9S. The molecule has 2 aromatic heterocycles. The maximum absolute atomic E-state index is 14.9. The number of carbonyl (C=O) groups excluding carboxylic acids is 4. The van der Waals surface area contributed by atoms with Gasteiger partial charge in [0.2, 0.25) is 27.7 Å². The van der Waals surface area contributed by atoms with Crippen LogP contribution in [-0.4, -0.2) is 119 Å². The van der Waals surface area contributed by atoms with Gasteiger partial charge in [-0.1, -0.05) is 39.7 Å². The number of amides is 4. The Hall–Kier alpha value is -4.51. The van der Waals surface area contributed by atoms with Crippen LogP contribution in [0.1, 0.15) is 104 Å². The zero-order valence-corrected chi connectivity index (χ0v) is 36.9. The number of rotatable bonds is 8. The molecule has 61 heavy (non-hydrogen) atoms. The fraction of sp³-hybridized carbons (Fsp3) is 0.682. The Morgan fingerprint density at radius 3 is 2.52 bits per heavy atom. The van der Waals surface area contributed by atoms with E-state index in [1.165, 1.54) is 11.0 Å². The van der Waals surface area contributed by atoms with E-state index in [1.54, 1.807) is 19.3 Å². The molecule has 0 spiro atoms. The molecule has 2 saturated heterocycles. The fourth-order valence-electron chi connectivity index (χ4n) is 9.13. The minimum atomic E-state index is -4.01. The van der Waals surface area contributed by atoms with Crippen molar-refractivity contribution in [1.82, 2.24) is 35.1 Å². The smallest absolute Gasteiger partial charge is 0.408 e. The summed E-state index contributed by atoms with van der Waals surface area (Å²) in [5, 5.41) is 6.48. The van der Waals surface area contributed by atoms with Crippen LogP contribution < -0.4 is 24.8 Å². The molecule has 16 nitrogen and oxygen atoms in total. The van der Waals surface area contributed by atoms with E-state index in [1.807, 2.05) is 26.8 Å². The number of likely N-dealkylation sites (tertiary alicyclic amines) is 1. The van der Waals surface area contributed by atoms with Gasteiger partial charge >= 0.3 is 6.09 Å². The van der Waals surface area contributed by atoms with Crippen LogP contribution >= 0.6 is 0 Å². The van der Waals surface area contributed by atoms with Crippen molar-refractivity contribution in [2.45, 2.75) is 145 Å². The van der Waals surface area contributed by atoms with Crippen molar-refractivity contribution >= 4 is 44.7 Å². The van der Waals surface area contributed by atoms with Crippen molar-refractivity contribution in [2.75, 3.05) is 26.7 Å². The quantitative estimate of drug-likeness (QED) is 0.321. The first-order valence-corrected chi connectivity index (χ1v) is 23.5. The summed E-state index contributed by atoms with van der Waals surface area (Å²) >= 11 is 0. The van der Waals surface area contributed by atoms with E-state index in [0.717, 1.165) is 69.0 Å². The highest BCUT2D eigenvalue weighted by Gasteiger charge is 2.63. The van der Waals surface area contributed by atoms with Crippen molar-refractivity contribution < 1.29 is 41.8 Å².